The van der Waals surface area contributed by atoms with E-state index in [0.29, 0.717) is 0 Å². The number of rotatable bonds is 6. The highest BCUT2D eigenvalue weighted by Gasteiger charge is 2.01. The first-order valence-corrected chi connectivity index (χ1v) is 5.52. The summed E-state index contributed by atoms with van der Waals surface area (Å²) >= 11 is 0. The standard InChI is InChI=1S/C13H20O2/c1-4-5-6-7-11-8-12(14-2)10-13(9-11)15-3/h8-10H,4-7H2,1-3H3. The molecule has 0 fully saturated rings. The van der Waals surface area contributed by atoms with Crippen molar-refractivity contribution in [2.24, 2.45) is 0 Å². The van der Waals surface area contributed by atoms with Gasteiger partial charge in [0.25, 0.3) is 0 Å². The molecule has 0 aromatic heterocycles. The SMILES string of the molecule is CCCCCc1cc(OC)cc(OC)c1. The largest absolute Gasteiger partial charge is 0.497 e. The van der Waals surface area contributed by atoms with E-state index >= 15 is 0 Å². The zero-order chi connectivity index (χ0) is 11.1. The third-order valence-corrected chi connectivity index (χ3v) is 2.48. The average molecular weight is 208 g/mol. The lowest BCUT2D eigenvalue weighted by molar-refractivity contribution is 0.393. The van der Waals surface area contributed by atoms with Crippen molar-refractivity contribution in [1.29, 1.82) is 0 Å². The van der Waals surface area contributed by atoms with Gasteiger partial charge in [0.1, 0.15) is 11.5 Å². The van der Waals surface area contributed by atoms with Crippen molar-refractivity contribution in [1.82, 2.24) is 0 Å². The van der Waals surface area contributed by atoms with Gasteiger partial charge in [0.15, 0.2) is 0 Å². The fraction of sp³-hybridized carbons (Fsp3) is 0.538. The number of ether oxygens (including phenoxy) is 2. The Morgan fingerprint density at radius 1 is 0.933 bits per heavy atom. The van der Waals surface area contributed by atoms with E-state index in [1.165, 1.54) is 24.8 Å². The number of unbranched alkanes of at least 4 members (excludes halogenated alkanes) is 2. The minimum atomic E-state index is 0.876. The van der Waals surface area contributed by atoms with Gasteiger partial charge in [-0.3, -0.25) is 0 Å². The maximum atomic E-state index is 5.22. The molecule has 2 nitrogen and oxygen atoms in total. The number of hydrogen-bond acceptors (Lipinski definition) is 2. The first kappa shape index (κ1) is 11.9. The quantitative estimate of drug-likeness (QED) is 0.667. The predicted molar refractivity (Wildman–Crippen MR) is 62.8 cm³/mol. The molecule has 0 radical (unpaired) electrons. The highest BCUT2D eigenvalue weighted by molar-refractivity contribution is 5.38. The van der Waals surface area contributed by atoms with Gasteiger partial charge in [-0.05, 0) is 30.5 Å². The fourth-order valence-corrected chi connectivity index (χ4v) is 1.59. The molecule has 84 valence electrons. The highest BCUT2D eigenvalue weighted by Crippen LogP contribution is 2.23. The van der Waals surface area contributed by atoms with Crippen LogP contribution in [0.3, 0.4) is 0 Å². The summed E-state index contributed by atoms with van der Waals surface area (Å²) in [5, 5.41) is 0. The second-order valence-electron chi connectivity index (χ2n) is 3.68. The summed E-state index contributed by atoms with van der Waals surface area (Å²) in [5.41, 5.74) is 1.29. The summed E-state index contributed by atoms with van der Waals surface area (Å²) in [5.74, 6) is 1.75. The Balaban J connectivity index is 2.68. The zero-order valence-electron chi connectivity index (χ0n) is 9.88. The molecule has 1 rings (SSSR count). The molecular formula is C13H20O2. The molecule has 0 heterocycles. The molecule has 0 aliphatic heterocycles. The van der Waals surface area contributed by atoms with Crippen molar-refractivity contribution >= 4 is 0 Å². The van der Waals surface area contributed by atoms with Crippen LogP contribution in [0.4, 0.5) is 0 Å². The van der Waals surface area contributed by atoms with Gasteiger partial charge in [0.05, 0.1) is 14.2 Å². The van der Waals surface area contributed by atoms with Crippen molar-refractivity contribution < 1.29 is 9.47 Å². The van der Waals surface area contributed by atoms with Crippen LogP contribution in [0.15, 0.2) is 18.2 Å². The third-order valence-electron chi connectivity index (χ3n) is 2.48. The Labute approximate surface area is 92.2 Å². The molecule has 0 saturated carbocycles. The second kappa shape index (κ2) is 6.33. The molecule has 2 heteroatoms. The number of hydrogen-bond donors (Lipinski definition) is 0. The lowest BCUT2D eigenvalue weighted by Gasteiger charge is -2.08. The van der Waals surface area contributed by atoms with Gasteiger partial charge in [0, 0.05) is 6.07 Å². The number of benzene rings is 1. The lowest BCUT2D eigenvalue weighted by atomic mass is 10.1. The Hall–Kier alpha value is -1.18. The minimum Gasteiger partial charge on any atom is -0.497 e. The fourth-order valence-electron chi connectivity index (χ4n) is 1.59. The van der Waals surface area contributed by atoms with Gasteiger partial charge in [0.2, 0.25) is 0 Å². The molecule has 0 N–H and O–H groups in total. The molecule has 0 spiro atoms. The monoisotopic (exact) mass is 208 g/mol. The predicted octanol–water partition coefficient (Wildman–Crippen LogP) is 3.44. The highest BCUT2D eigenvalue weighted by atomic mass is 16.5. The van der Waals surface area contributed by atoms with Gasteiger partial charge in [-0.2, -0.15) is 0 Å². The van der Waals surface area contributed by atoms with Crippen LogP contribution in [-0.4, -0.2) is 14.2 Å². The molecule has 0 aliphatic carbocycles. The van der Waals surface area contributed by atoms with E-state index < -0.39 is 0 Å². The van der Waals surface area contributed by atoms with Crippen molar-refractivity contribution in [3.63, 3.8) is 0 Å². The van der Waals surface area contributed by atoms with E-state index in [9.17, 15) is 0 Å². The van der Waals surface area contributed by atoms with E-state index in [2.05, 4.69) is 19.1 Å². The van der Waals surface area contributed by atoms with E-state index in [-0.39, 0.29) is 0 Å². The summed E-state index contributed by atoms with van der Waals surface area (Å²) in [4.78, 5) is 0. The van der Waals surface area contributed by atoms with Crippen LogP contribution in [0.2, 0.25) is 0 Å². The van der Waals surface area contributed by atoms with Crippen LogP contribution in [-0.2, 0) is 6.42 Å². The van der Waals surface area contributed by atoms with Crippen LogP contribution in [0, 0.1) is 0 Å². The van der Waals surface area contributed by atoms with Crippen LogP contribution in [0.25, 0.3) is 0 Å². The smallest absolute Gasteiger partial charge is 0.122 e. The molecule has 0 aliphatic rings. The summed E-state index contributed by atoms with van der Waals surface area (Å²) in [7, 11) is 3.37. The summed E-state index contributed by atoms with van der Waals surface area (Å²) in [6, 6.07) is 6.07. The van der Waals surface area contributed by atoms with Crippen LogP contribution >= 0.6 is 0 Å². The first-order chi connectivity index (χ1) is 7.30. The number of methoxy groups -OCH3 is 2. The molecule has 1 aromatic carbocycles. The molecule has 1 aromatic rings. The Bertz CT molecular complexity index is 272. The minimum absolute atomic E-state index is 0.876. The first-order valence-electron chi connectivity index (χ1n) is 5.52. The molecule has 0 amide bonds. The summed E-state index contributed by atoms with van der Waals surface area (Å²) in [6.07, 6.45) is 4.86. The topological polar surface area (TPSA) is 18.5 Å². The Kier molecular flexibility index (Phi) is 5.02. The molecule has 15 heavy (non-hydrogen) atoms. The molecule has 0 unspecified atom stereocenters. The summed E-state index contributed by atoms with van der Waals surface area (Å²) in [6.45, 7) is 2.21. The second-order valence-corrected chi connectivity index (χ2v) is 3.68. The molecule has 0 saturated heterocycles. The van der Waals surface area contributed by atoms with Gasteiger partial charge in [-0.15, -0.1) is 0 Å². The van der Waals surface area contributed by atoms with Crippen LogP contribution in [0.5, 0.6) is 11.5 Å². The van der Waals surface area contributed by atoms with Crippen molar-refractivity contribution in [2.45, 2.75) is 32.6 Å². The van der Waals surface area contributed by atoms with Crippen LogP contribution < -0.4 is 9.47 Å². The van der Waals surface area contributed by atoms with Crippen molar-refractivity contribution in [3.8, 4) is 11.5 Å². The van der Waals surface area contributed by atoms with Crippen LogP contribution in [0.1, 0.15) is 31.7 Å². The van der Waals surface area contributed by atoms with Crippen molar-refractivity contribution in [2.75, 3.05) is 14.2 Å². The normalized spacial score (nSPS) is 10.1. The van der Waals surface area contributed by atoms with Crippen molar-refractivity contribution in [3.05, 3.63) is 23.8 Å². The van der Waals surface area contributed by atoms with E-state index in [1.807, 2.05) is 6.07 Å². The maximum Gasteiger partial charge on any atom is 0.122 e. The van der Waals surface area contributed by atoms with Gasteiger partial charge < -0.3 is 9.47 Å². The molecular weight excluding hydrogens is 188 g/mol. The van der Waals surface area contributed by atoms with Gasteiger partial charge in [-0.25, -0.2) is 0 Å². The molecule has 0 bridgehead atoms. The van der Waals surface area contributed by atoms with E-state index in [0.717, 1.165) is 17.9 Å². The van der Waals surface area contributed by atoms with E-state index in [1.54, 1.807) is 14.2 Å². The maximum absolute atomic E-state index is 5.22. The lowest BCUT2D eigenvalue weighted by Crippen LogP contribution is -1.91. The molecule has 0 atom stereocenters. The zero-order valence-corrected chi connectivity index (χ0v) is 9.88. The van der Waals surface area contributed by atoms with E-state index in [4.69, 9.17) is 9.47 Å². The Morgan fingerprint density at radius 3 is 2.00 bits per heavy atom. The third kappa shape index (κ3) is 3.82. The van der Waals surface area contributed by atoms with Gasteiger partial charge in [-0.1, -0.05) is 19.8 Å². The average Bonchev–Trinajstić information content (AvgIpc) is 2.29. The summed E-state index contributed by atoms with van der Waals surface area (Å²) < 4.78 is 10.4. The van der Waals surface area contributed by atoms with Gasteiger partial charge >= 0.3 is 0 Å². The number of aryl methyl sites for hydroxylation is 1. The Morgan fingerprint density at radius 2 is 1.53 bits per heavy atom.